The van der Waals surface area contributed by atoms with Crippen LogP contribution in [0, 0.1) is 0 Å². The molecule has 0 unspecified atom stereocenters. The highest BCUT2D eigenvalue weighted by atomic mass is 16.5. The van der Waals surface area contributed by atoms with Gasteiger partial charge in [0.15, 0.2) is 0 Å². The minimum Gasteiger partial charge on any atom is -0.445 e. The van der Waals surface area contributed by atoms with Crippen LogP contribution in [0.5, 0.6) is 0 Å². The van der Waals surface area contributed by atoms with E-state index in [9.17, 15) is 9.59 Å². The largest absolute Gasteiger partial charge is 0.445 e. The van der Waals surface area contributed by atoms with Crippen LogP contribution in [0.2, 0.25) is 0 Å². The second-order valence-corrected chi connectivity index (χ2v) is 7.40. The summed E-state index contributed by atoms with van der Waals surface area (Å²) in [6.07, 6.45) is 1.21. The molecule has 0 saturated carbocycles. The average Bonchev–Trinajstić information content (AvgIpc) is 2.84. The Kier molecular flexibility index (Phi) is 6.41. The van der Waals surface area contributed by atoms with E-state index in [1.807, 2.05) is 72.8 Å². The molecular weight excluding hydrogens is 402 g/mol. The molecular formula is C26H23N3O3. The Bertz CT molecular complexity index is 1230. The van der Waals surface area contributed by atoms with Crippen molar-refractivity contribution in [3.8, 4) is 0 Å². The number of fused-ring (bicyclic) bond motifs is 1. The van der Waals surface area contributed by atoms with Crippen molar-refractivity contribution in [2.24, 2.45) is 5.73 Å². The van der Waals surface area contributed by atoms with E-state index >= 15 is 0 Å². The Hall–Kier alpha value is -4.19. The maximum Gasteiger partial charge on any atom is 0.407 e. The van der Waals surface area contributed by atoms with Gasteiger partial charge < -0.3 is 15.8 Å². The molecule has 6 nitrogen and oxygen atoms in total. The van der Waals surface area contributed by atoms with Crippen LogP contribution in [0.15, 0.2) is 91.1 Å². The third-order valence-electron chi connectivity index (χ3n) is 5.28. The summed E-state index contributed by atoms with van der Waals surface area (Å²) in [4.78, 5) is 28.6. The number of benzene rings is 3. The summed E-state index contributed by atoms with van der Waals surface area (Å²) < 4.78 is 5.36. The monoisotopic (exact) mass is 425 g/mol. The molecule has 0 radical (unpaired) electrons. The Morgan fingerprint density at radius 2 is 1.66 bits per heavy atom. The predicted octanol–water partition coefficient (Wildman–Crippen LogP) is 4.39. The number of rotatable bonds is 7. The number of pyridine rings is 1. The van der Waals surface area contributed by atoms with Crippen LogP contribution in [0.4, 0.5) is 4.79 Å². The molecule has 32 heavy (non-hydrogen) atoms. The molecule has 4 rings (SSSR count). The van der Waals surface area contributed by atoms with E-state index in [1.165, 1.54) is 0 Å². The topological polar surface area (TPSA) is 94.3 Å². The third-order valence-corrected chi connectivity index (χ3v) is 5.28. The maximum absolute atomic E-state index is 12.4. The number of ether oxygens (including phenoxy) is 1. The number of aromatic nitrogens is 1. The van der Waals surface area contributed by atoms with Crippen LogP contribution < -0.4 is 11.1 Å². The van der Waals surface area contributed by atoms with Crippen molar-refractivity contribution in [3.63, 3.8) is 0 Å². The standard InChI is InChI=1S/C26H23N3O3/c27-25(30)21-11-12-22-20(15-21)13-14-28-24(22)23(19-9-5-2-6-10-19)16-29-26(31)32-17-18-7-3-1-4-8-18/h1-15,23H,16-17H2,(H2,27,30)(H,29,31)/t23-/m1/s1. The van der Waals surface area contributed by atoms with Gasteiger partial charge in [-0.3, -0.25) is 9.78 Å². The molecule has 2 amide bonds. The Morgan fingerprint density at radius 1 is 0.938 bits per heavy atom. The lowest BCUT2D eigenvalue weighted by atomic mass is 9.91. The smallest absolute Gasteiger partial charge is 0.407 e. The summed E-state index contributed by atoms with van der Waals surface area (Å²) >= 11 is 0. The first-order valence-electron chi connectivity index (χ1n) is 10.3. The number of amides is 2. The molecule has 0 saturated heterocycles. The second kappa shape index (κ2) is 9.75. The number of hydrogen-bond donors (Lipinski definition) is 2. The fraction of sp³-hybridized carbons (Fsp3) is 0.115. The summed E-state index contributed by atoms with van der Waals surface area (Å²) in [5.74, 6) is -0.684. The van der Waals surface area contributed by atoms with Gasteiger partial charge in [0.1, 0.15) is 6.61 Å². The van der Waals surface area contributed by atoms with Gasteiger partial charge in [0, 0.05) is 29.6 Å². The molecule has 4 aromatic rings. The Morgan fingerprint density at radius 3 is 2.38 bits per heavy atom. The quantitative estimate of drug-likeness (QED) is 0.459. The van der Waals surface area contributed by atoms with Crippen molar-refractivity contribution >= 4 is 22.8 Å². The number of nitrogens with two attached hydrogens (primary N) is 1. The van der Waals surface area contributed by atoms with Crippen LogP contribution in [-0.4, -0.2) is 23.5 Å². The first kappa shape index (κ1) is 21.1. The highest BCUT2D eigenvalue weighted by Crippen LogP contribution is 2.29. The van der Waals surface area contributed by atoms with Gasteiger partial charge in [0.25, 0.3) is 0 Å². The fourth-order valence-electron chi connectivity index (χ4n) is 3.65. The van der Waals surface area contributed by atoms with Gasteiger partial charge in [-0.25, -0.2) is 4.79 Å². The zero-order chi connectivity index (χ0) is 22.3. The van der Waals surface area contributed by atoms with Crippen LogP contribution in [-0.2, 0) is 11.3 Å². The van der Waals surface area contributed by atoms with E-state index in [4.69, 9.17) is 10.5 Å². The van der Waals surface area contributed by atoms with Crippen LogP contribution >= 0.6 is 0 Å². The zero-order valence-electron chi connectivity index (χ0n) is 17.4. The molecule has 0 aliphatic rings. The van der Waals surface area contributed by atoms with E-state index in [2.05, 4.69) is 10.3 Å². The predicted molar refractivity (Wildman–Crippen MR) is 123 cm³/mol. The van der Waals surface area contributed by atoms with Crippen molar-refractivity contribution in [2.45, 2.75) is 12.5 Å². The third kappa shape index (κ3) is 4.92. The lowest BCUT2D eigenvalue weighted by molar-refractivity contribution is 0.1000. The molecule has 0 bridgehead atoms. The summed E-state index contributed by atoms with van der Waals surface area (Å²) in [6, 6.07) is 26.5. The summed E-state index contributed by atoms with van der Waals surface area (Å²) in [5.41, 5.74) is 8.60. The molecule has 0 aliphatic heterocycles. The van der Waals surface area contributed by atoms with E-state index in [1.54, 1.807) is 18.3 Å². The van der Waals surface area contributed by atoms with Crippen molar-refractivity contribution in [2.75, 3.05) is 6.54 Å². The first-order chi connectivity index (χ1) is 15.6. The number of primary amides is 1. The second-order valence-electron chi connectivity index (χ2n) is 7.40. The van der Waals surface area contributed by atoms with Gasteiger partial charge in [-0.2, -0.15) is 0 Å². The maximum atomic E-state index is 12.4. The number of nitrogens with one attached hydrogen (secondary N) is 1. The number of nitrogens with zero attached hydrogens (tertiary/aromatic N) is 1. The molecule has 3 N–H and O–H groups in total. The van der Waals surface area contributed by atoms with Crippen molar-refractivity contribution < 1.29 is 14.3 Å². The van der Waals surface area contributed by atoms with Gasteiger partial charge in [0.05, 0.1) is 5.69 Å². The number of carbonyl (C=O) groups excluding carboxylic acids is 2. The molecule has 3 aromatic carbocycles. The number of carbonyl (C=O) groups is 2. The lowest BCUT2D eigenvalue weighted by Crippen LogP contribution is -2.29. The van der Waals surface area contributed by atoms with Crippen molar-refractivity contribution in [3.05, 3.63) is 114 Å². The van der Waals surface area contributed by atoms with E-state index in [-0.39, 0.29) is 12.5 Å². The lowest BCUT2D eigenvalue weighted by Gasteiger charge is -2.20. The first-order valence-corrected chi connectivity index (χ1v) is 10.3. The van der Waals surface area contributed by atoms with Crippen LogP contribution in [0.3, 0.4) is 0 Å². The molecule has 0 aliphatic carbocycles. The van der Waals surface area contributed by atoms with Gasteiger partial charge >= 0.3 is 6.09 Å². The summed E-state index contributed by atoms with van der Waals surface area (Å²) in [7, 11) is 0. The molecule has 1 aromatic heterocycles. The van der Waals surface area contributed by atoms with Crippen LogP contribution in [0.1, 0.15) is 33.1 Å². The van der Waals surface area contributed by atoms with Crippen molar-refractivity contribution in [1.82, 2.24) is 10.3 Å². The Labute approximate surface area is 186 Å². The van der Waals surface area contributed by atoms with E-state index in [0.717, 1.165) is 27.6 Å². The normalized spacial score (nSPS) is 11.6. The van der Waals surface area contributed by atoms with Gasteiger partial charge in [-0.15, -0.1) is 0 Å². The zero-order valence-corrected chi connectivity index (χ0v) is 17.4. The van der Waals surface area contributed by atoms with E-state index < -0.39 is 12.0 Å². The molecule has 0 spiro atoms. The molecule has 160 valence electrons. The van der Waals surface area contributed by atoms with Gasteiger partial charge in [0.2, 0.25) is 5.91 Å². The molecule has 6 heteroatoms. The highest BCUT2D eigenvalue weighted by molar-refractivity contribution is 5.98. The van der Waals surface area contributed by atoms with Crippen LogP contribution in [0.25, 0.3) is 10.8 Å². The summed E-state index contributed by atoms with van der Waals surface area (Å²) in [5, 5.41) is 4.62. The minimum atomic E-state index is -0.494. The van der Waals surface area contributed by atoms with Gasteiger partial charge in [-0.05, 0) is 34.7 Å². The Balaban J connectivity index is 1.58. The van der Waals surface area contributed by atoms with Crippen molar-refractivity contribution in [1.29, 1.82) is 0 Å². The highest BCUT2D eigenvalue weighted by Gasteiger charge is 2.20. The summed E-state index contributed by atoms with van der Waals surface area (Å²) in [6.45, 7) is 0.506. The molecule has 0 fully saturated rings. The number of alkyl carbamates (subject to hydrolysis) is 1. The molecule has 1 heterocycles. The van der Waals surface area contributed by atoms with Gasteiger partial charge in [-0.1, -0.05) is 66.7 Å². The average molecular weight is 425 g/mol. The number of hydrogen-bond acceptors (Lipinski definition) is 4. The fourth-order valence-corrected chi connectivity index (χ4v) is 3.65. The SMILES string of the molecule is NC(=O)c1ccc2c([C@H](CNC(=O)OCc3ccccc3)c3ccccc3)nccc2c1. The molecule has 1 atom stereocenters. The minimum absolute atomic E-state index is 0.199. The van der Waals surface area contributed by atoms with E-state index in [0.29, 0.717) is 12.1 Å².